The van der Waals surface area contributed by atoms with Crippen molar-refractivity contribution in [2.24, 2.45) is 0 Å². The topological polar surface area (TPSA) is 80.2 Å². The number of rotatable bonds is 2. The molecule has 8 heteroatoms. The molecule has 0 aliphatic heterocycles. The number of nitrogens with one attached hydrogen (secondary N) is 1. The van der Waals surface area contributed by atoms with Crippen LogP contribution in [0.2, 0.25) is 5.28 Å². The highest BCUT2D eigenvalue weighted by Crippen LogP contribution is 2.28. The highest BCUT2D eigenvalue weighted by atomic mass is 35.5. The van der Waals surface area contributed by atoms with E-state index >= 15 is 0 Å². The van der Waals surface area contributed by atoms with Crippen LogP contribution in [0.5, 0.6) is 0 Å². The maximum atomic E-state index is 5.88. The van der Waals surface area contributed by atoms with E-state index in [0.29, 0.717) is 15.8 Å². The van der Waals surface area contributed by atoms with E-state index in [0.717, 1.165) is 16.9 Å². The first-order chi connectivity index (χ1) is 9.11. The second-order valence-corrected chi connectivity index (χ2v) is 5.23. The molecule has 0 aromatic carbocycles. The lowest BCUT2D eigenvalue weighted by Crippen LogP contribution is -1.94. The molecule has 0 unspecified atom stereocenters. The number of aryl methyl sites for hydroxylation is 2. The number of hydrogen-bond donors (Lipinski definition) is 1. The average Bonchev–Trinajstić information content (AvgIpc) is 2.75. The van der Waals surface area contributed by atoms with Crippen LogP contribution in [0.4, 0.5) is 0 Å². The first-order valence-electron chi connectivity index (χ1n) is 5.48. The van der Waals surface area contributed by atoms with Crippen molar-refractivity contribution in [3.05, 3.63) is 29.1 Å². The fourth-order valence-electron chi connectivity index (χ4n) is 1.68. The molecular formula is C11H9ClN6S. The summed E-state index contributed by atoms with van der Waals surface area (Å²) in [6.07, 6.45) is 1.56. The third kappa shape index (κ3) is 2.52. The quantitative estimate of drug-likeness (QED) is 0.577. The minimum Gasteiger partial charge on any atom is -0.341 e. The molecule has 0 aliphatic rings. The molecular weight excluding hydrogens is 284 g/mol. The van der Waals surface area contributed by atoms with Crippen LogP contribution in [0.1, 0.15) is 11.4 Å². The average molecular weight is 293 g/mol. The second kappa shape index (κ2) is 4.75. The van der Waals surface area contributed by atoms with Crippen LogP contribution < -0.4 is 0 Å². The SMILES string of the molecule is Cc1cc(C)nc(Sc2nc(Cl)nc3nc[nH]c23)n1. The summed E-state index contributed by atoms with van der Waals surface area (Å²) in [4.78, 5) is 24.0. The summed E-state index contributed by atoms with van der Waals surface area (Å²) >= 11 is 7.21. The lowest BCUT2D eigenvalue weighted by atomic mass is 10.4. The van der Waals surface area contributed by atoms with E-state index in [4.69, 9.17) is 11.6 Å². The molecule has 0 spiro atoms. The van der Waals surface area contributed by atoms with Gasteiger partial charge in [-0.3, -0.25) is 0 Å². The molecule has 3 aromatic rings. The van der Waals surface area contributed by atoms with Crippen LogP contribution in [0.15, 0.2) is 22.6 Å². The van der Waals surface area contributed by atoms with Crippen molar-refractivity contribution in [1.29, 1.82) is 0 Å². The van der Waals surface area contributed by atoms with Gasteiger partial charge in [0.05, 0.1) is 6.33 Å². The summed E-state index contributed by atoms with van der Waals surface area (Å²) in [5, 5.41) is 1.45. The molecule has 0 fully saturated rings. The summed E-state index contributed by atoms with van der Waals surface area (Å²) in [7, 11) is 0. The highest BCUT2D eigenvalue weighted by molar-refractivity contribution is 7.99. The van der Waals surface area contributed by atoms with Crippen molar-refractivity contribution in [3.63, 3.8) is 0 Å². The van der Waals surface area contributed by atoms with Crippen molar-refractivity contribution in [1.82, 2.24) is 29.9 Å². The van der Waals surface area contributed by atoms with Crippen LogP contribution in [-0.2, 0) is 0 Å². The summed E-state index contributed by atoms with van der Waals surface area (Å²) in [5.74, 6) is 0. The lowest BCUT2D eigenvalue weighted by molar-refractivity contribution is 0.899. The van der Waals surface area contributed by atoms with Gasteiger partial charge in [-0.2, -0.15) is 4.98 Å². The van der Waals surface area contributed by atoms with Gasteiger partial charge in [0.1, 0.15) is 10.5 Å². The molecule has 6 nitrogen and oxygen atoms in total. The minimum atomic E-state index is 0.159. The molecule has 3 heterocycles. The van der Waals surface area contributed by atoms with Crippen LogP contribution in [0.3, 0.4) is 0 Å². The zero-order valence-electron chi connectivity index (χ0n) is 10.2. The Hall–Kier alpha value is -1.73. The van der Waals surface area contributed by atoms with E-state index in [1.807, 2.05) is 19.9 Å². The Labute approximate surface area is 118 Å². The van der Waals surface area contributed by atoms with Crippen LogP contribution in [-0.4, -0.2) is 29.9 Å². The van der Waals surface area contributed by atoms with Gasteiger partial charge < -0.3 is 4.98 Å². The molecule has 0 saturated heterocycles. The Bertz CT molecular complexity index is 736. The van der Waals surface area contributed by atoms with Gasteiger partial charge in [0.15, 0.2) is 10.8 Å². The largest absolute Gasteiger partial charge is 0.341 e. The molecule has 0 saturated carbocycles. The van der Waals surface area contributed by atoms with Gasteiger partial charge in [-0.25, -0.2) is 19.9 Å². The molecule has 1 N–H and O–H groups in total. The molecule has 19 heavy (non-hydrogen) atoms. The summed E-state index contributed by atoms with van der Waals surface area (Å²) in [5.41, 5.74) is 3.09. The van der Waals surface area contributed by atoms with Crippen molar-refractivity contribution >= 4 is 34.5 Å². The number of nitrogens with zero attached hydrogens (tertiary/aromatic N) is 5. The van der Waals surface area contributed by atoms with E-state index in [-0.39, 0.29) is 5.28 Å². The maximum absolute atomic E-state index is 5.88. The smallest absolute Gasteiger partial charge is 0.225 e. The van der Waals surface area contributed by atoms with E-state index < -0.39 is 0 Å². The van der Waals surface area contributed by atoms with Crippen molar-refractivity contribution in [2.75, 3.05) is 0 Å². The molecule has 0 atom stereocenters. The molecule has 0 amide bonds. The number of fused-ring (bicyclic) bond motifs is 1. The third-order valence-corrected chi connectivity index (χ3v) is 3.40. The Morgan fingerprint density at radius 1 is 1.11 bits per heavy atom. The molecule has 3 aromatic heterocycles. The molecule has 3 rings (SSSR count). The van der Waals surface area contributed by atoms with Crippen molar-refractivity contribution < 1.29 is 0 Å². The molecule has 0 radical (unpaired) electrons. The lowest BCUT2D eigenvalue weighted by Gasteiger charge is -2.03. The molecule has 96 valence electrons. The Morgan fingerprint density at radius 2 is 1.84 bits per heavy atom. The Kier molecular flexibility index (Phi) is 3.08. The van der Waals surface area contributed by atoms with Gasteiger partial charge in [-0.15, -0.1) is 0 Å². The zero-order valence-corrected chi connectivity index (χ0v) is 11.7. The van der Waals surface area contributed by atoms with Gasteiger partial charge in [0.2, 0.25) is 5.28 Å². The van der Waals surface area contributed by atoms with Crippen LogP contribution in [0.25, 0.3) is 11.2 Å². The van der Waals surface area contributed by atoms with Crippen LogP contribution >= 0.6 is 23.4 Å². The van der Waals surface area contributed by atoms with Gasteiger partial charge in [-0.05, 0) is 43.3 Å². The predicted molar refractivity (Wildman–Crippen MR) is 72.3 cm³/mol. The van der Waals surface area contributed by atoms with Gasteiger partial charge in [0, 0.05) is 11.4 Å². The van der Waals surface area contributed by atoms with E-state index in [9.17, 15) is 0 Å². The van der Waals surface area contributed by atoms with Gasteiger partial charge >= 0.3 is 0 Å². The summed E-state index contributed by atoms with van der Waals surface area (Å²) < 4.78 is 0. The van der Waals surface area contributed by atoms with Gasteiger partial charge in [0.25, 0.3) is 0 Å². The van der Waals surface area contributed by atoms with Crippen molar-refractivity contribution in [3.8, 4) is 0 Å². The number of aromatic nitrogens is 6. The zero-order chi connectivity index (χ0) is 13.4. The number of halogens is 1. The predicted octanol–water partition coefficient (Wildman–Crippen LogP) is 2.56. The summed E-state index contributed by atoms with van der Waals surface area (Å²) in [6, 6.07) is 1.92. The number of imidazole rings is 1. The fourth-order valence-corrected chi connectivity index (χ4v) is 2.83. The molecule has 0 bridgehead atoms. The van der Waals surface area contributed by atoms with Gasteiger partial charge in [-0.1, -0.05) is 0 Å². The monoisotopic (exact) mass is 292 g/mol. The first kappa shape index (κ1) is 12.3. The van der Waals surface area contributed by atoms with E-state index in [1.54, 1.807) is 6.33 Å². The van der Waals surface area contributed by atoms with E-state index in [2.05, 4.69) is 29.9 Å². The fraction of sp³-hybridized carbons (Fsp3) is 0.182. The van der Waals surface area contributed by atoms with Crippen molar-refractivity contribution in [2.45, 2.75) is 24.0 Å². The second-order valence-electron chi connectivity index (χ2n) is 3.93. The highest BCUT2D eigenvalue weighted by Gasteiger charge is 2.12. The number of hydrogen-bond acceptors (Lipinski definition) is 6. The molecule has 0 aliphatic carbocycles. The van der Waals surface area contributed by atoms with Crippen LogP contribution in [0, 0.1) is 13.8 Å². The maximum Gasteiger partial charge on any atom is 0.225 e. The third-order valence-electron chi connectivity index (χ3n) is 2.37. The normalized spacial score (nSPS) is 11.1. The minimum absolute atomic E-state index is 0.159. The summed E-state index contributed by atoms with van der Waals surface area (Å²) in [6.45, 7) is 3.86. The Morgan fingerprint density at radius 3 is 2.58 bits per heavy atom. The first-order valence-corrected chi connectivity index (χ1v) is 6.68. The standard InChI is InChI=1S/C11H9ClN6S/c1-5-3-6(2)16-11(15-5)19-9-7-8(14-4-13-7)17-10(12)18-9/h3-4H,1-2H3,(H,13,14,17,18). The Balaban J connectivity index is 2.07. The van der Waals surface area contributed by atoms with E-state index in [1.165, 1.54) is 11.8 Å². The number of aromatic amines is 1. The number of H-pyrrole nitrogens is 1.